The van der Waals surface area contributed by atoms with Gasteiger partial charge in [-0.1, -0.05) is 0 Å². The lowest BCUT2D eigenvalue weighted by molar-refractivity contribution is -0.907. The topological polar surface area (TPSA) is 99.5 Å². The van der Waals surface area contributed by atoms with E-state index in [-0.39, 0.29) is 23.2 Å². The Bertz CT molecular complexity index is 950. The fourth-order valence-corrected chi connectivity index (χ4v) is 5.42. The Hall–Kier alpha value is -2.26. The number of aromatic nitrogens is 2. The molecule has 1 unspecified atom stereocenters. The molecule has 2 atom stereocenters. The van der Waals surface area contributed by atoms with Gasteiger partial charge in [0.1, 0.15) is 13.1 Å². The van der Waals surface area contributed by atoms with Gasteiger partial charge in [-0.2, -0.15) is 5.10 Å². The second-order valence-electron chi connectivity index (χ2n) is 7.39. The number of nitro benzene ring substituents is 1. The van der Waals surface area contributed by atoms with Crippen LogP contribution in [-0.2, 0) is 22.9 Å². The van der Waals surface area contributed by atoms with Crippen molar-refractivity contribution in [3.05, 3.63) is 56.9 Å². The number of hydrogen-bond acceptors (Lipinski definition) is 5. The molecule has 2 aromatic rings. The van der Waals surface area contributed by atoms with Gasteiger partial charge in [0.2, 0.25) is 0 Å². The Balaban J connectivity index is 1.71. The lowest BCUT2D eigenvalue weighted by Gasteiger charge is -2.15. The molecule has 0 radical (unpaired) electrons. The van der Waals surface area contributed by atoms with Crippen molar-refractivity contribution >= 4 is 15.5 Å². The molecule has 0 aliphatic carbocycles. The summed E-state index contributed by atoms with van der Waals surface area (Å²) in [6.45, 7) is 5.45. The second kappa shape index (κ2) is 7.40. The summed E-state index contributed by atoms with van der Waals surface area (Å²) in [6, 6.07) is 6.55. The van der Waals surface area contributed by atoms with Crippen molar-refractivity contribution in [3.8, 4) is 0 Å². The van der Waals surface area contributed by atoms with E-state index in [1.54, 1.807) is 12.1 Å². The lowest BCUT2D eigenvalue weighted by Crippen LogP contribution is -3.06. The van der Waals surface area contributed by atoms with Gasteiger partial charge in [0.25, 0.3) is 5.69 Å². The van der Waals surface area contributed by atoms with Crippen LogP contribution in [0.1, 0.15) is 35.0 Å². The Kier molecular flexibility index (Phi) is 5.34. The van der Waals surface area contributed by atoms with Crippen molar-refractivity contribution in [3.63, 3.8) is 0 Å². The van der Waals surface area contributed by atoms with Crippen molar-refractivity contribution in [2.75, 3.05) is 18.6 Å². The van der Waals surface area contributed by atoms with E-state index in [0.717, 1.165) is 35.6 Å². The van der Waals surface area contributed by atoms with Crippen LogP contribution in [0, 0.1) is 24.0 Å². The number of nitro groups is 1. The quantitative estimate of drug-likeness (QED) is 0.583. The Labute approximate surface area is 158 Å². The van der Waals surface area contributed by atoms with E-state index >= 15 is 0 Å². The fourth-order valence-electron chi connectivity index (χ4n) is 3.72. The normalized spacial score (nSPS) is 19.9. The molecule has 8 nitrogen and oxygen atoms in total. The summed E-state index contributed by atoms with van der Waals surface area (Å²) in [5.74, 6) is 0.399. The molecule has 0 bridgehead atoms. The molecule has 0 spiro atoms. The minimum Gasteiger partial charge on any atom is -0.330 e. The molecule has 3 rings (SSSR count). The molecule has 146 valence electrons. The number of rotatable bonds is 6. The highest BCUT2D eigenvalue weighted by Gasteiger charge is 2.31. The Morgan fingerprint density at radius 2 is 1.93 bits per heavy atom. The summed E-state index contributed by atoms with van der Waals surface area (Å²) in [5.41, 5.74) is 4.22. The van der Waals surface area contributed by atoms with Gasteiger partial charge in [0.05, 0.1) is 40.8 Å². The SMILES string of the molecule is Cc1nn([C@H]2CCS(=O)(=O)C2)c(C)c1C[NH+](C)Cc1ccc([N+](=O)[O-])cc1. The third-order valence-corrected chi connectivity index (χ3v) is 6.91. The molecular weight excluding hydrogens is 368 g/mol. The molecule has 1 fully saturated rings. The van der Waals surface area contributed by atoms with Gasteiger partial charge in [0.15, 0.2) is 9.84 Å². The fraction of sp³-hybridized carbons (Fsp3) is 0.500. The van der Waals surface area contributed by atoms with Crippen LogP contribution < -0.4 is 4.90 Å². The van der Waals surface area contributed by atoms with Crippen LogP contribution in [0.4, 0.5) is 5.69 Å². The molecule has 1 N–H and O–H groups in total. The van der Waals surface area contributed by atoms with Gasteiger partial charge in [-0.15, -0.1) is 0 Å². The maximum Gasteiger partial charge on any atom is 0.269 e. The minimum atomic E-state index is -2.95. The van der Waals surface area contributed by atoms with Crippen molar-refractivity contribution in [2.45, 2.75) is 39.4 Å². The van der Waals surface area contributed by atoms with E-state index in [2.05, 4.69) is 12.1 Å². The monoisotopic (exact) mass is 393 g/mol. The smallest absolute Gasteiger partial charge is 0.269 e. The molecule has 1 aromatic heterocycles. The zero-order valence-electron chi connectivity index (χ0n) is 15.8. The molecule has 1 aliphatic rings. The molecule has 1 aliphatic heterocycles. The van der Waals surface area contributed by atoms with Crippen LogP contribution >= 0.6 is 0 Å². The highest BCUT2D eigenvalue weighted by atomic mass is 32.2. The molecule has 1 aromatic carbocycles. The van der Waals surface area contributed by atoms with Crippen molar-refractivity contribution in [1.29, 1.82) is 0 Å². The highest BCUT2D eigenvalue weighted by molar-refractivity contribution is 7.91. The van der Waals surface area contributed by atoms with E-state index in [1.807, 2.05) is 18.5 Å². The summed E-state index contributed by atoms with van der Waals surface area (Å²) in [4.78, 5) is 11.6. The number of nitrogens with zero attached hydrogens (tertiary/aromatic N) is 3. The van der Waals surface area contributed by atoms with E-state index < -0.39 is 14.8 Å². The first-order valence-corrected chi connectivity index (χ1v) is 10.8. The van der Waals surface area contributed by atoms with Crippen LogP contribution in [0.2, 0.25) is 0 Å². The zero-order valence-corrected chi connectivity index (χ0v) is 16.6. The third-order valence-electron chi connectivity index (χ3n) is 5.16. The molecular formula is C18H25N4O4S+. The third kappa shape index (κ3) is 4.36. The Morgan fingerprint density at radius 1 is 1.26 bits per heavy atom. The maximum absolute atomic E-state index is 11.8. The molecule has 0 saturated carbocycles. The first-order valence-electron chi connectivity index (χ1n) is 8.96. The van der Waals surface area contributed by atoms with Gasteiger partial charge < -0.3 is 4.90 Å². The number of aryl methyl sites for hydroxylation is 1. The number of nitrogens with one attached hydrogen (secondary N) is 1. The minimum absolute atomic E-state index is 0.0718. The number of benzene rings is 1. The van der Waals surface area contributed by atoms with E-state index in [4.69, 9.17) is 0 Å². The average molecular weight is 393 g/mol. The van der Waals surface area contributed by atoms with Crippen LogP contribution in [0.15, 0.2) is 24.3 Å². The van der Waals surface area contributed by atoms with Gasteiger partial charge in [-0.3, -0.25) is 14.8 Å². The number of sulfone groups is 1. The number of hydrogen-bond donors (Lipinski definition) is 1. The van der Waals surface area contributed by atoms with E-state index in [0.29, 0.717) is 6.42 Å². The van der Waals surface area contributed by atoms with Crippen molar-refractivity contribution < 1.29 is 18.2 Å². The zero-order chi connectivity index (χ0) is 19.8. The second-order valence-corrected chi connectivity index (χ2v) is 9.61. The maximum atomic E-state index is 11.8. The van der Waals surface area contributed by atoms with Gasteiger partial charge in [0, 0.05) is 23.4 Å². The number of quaternary nitrogens is 1. The summed E-state index contributed by atoms with van der Waals surface area (Å²) >= 11 is 0. The van der Waals surface area contributed by atoms with Crippen LogP contribution in [0.3, 0.4) is 0 Å². The van der Waals surface area contributed by atoms with Crippen LogP contribution in [-0.4, -0.2) is 41.7 Å². The van der Waals surface area contributed by atoms with E-state index in [9.17, 15) is 18.5 Å². The van der Waals surface area contributed by atoms with Gasteiger partial charge in [-0.25, -0.2) is 8.42 Å². The molecule has 2 heterocycles. The number of non-ortho nitro benzene ring substituents is 1. The average Bonchev–Trinajstić information content (AvgIpc) is 3.09. The summed E-state index contributed by atoms with van der Waals surface area (Å²) in [5, 5.41) is 15.4. The van der Waals surface area contributed by atoms with Gasteiger partial charge >= 0.3 is 0 Å². The molecule has 1 saturated heterocycles. The van der Waals surface area contributed by atoms with E-state index in [1.165, 1.54) is 17.0 Å². The first-order chi connectivity index (χ1) is 12.7. The highest BCUT2D eigenvalue weighted by Crippen LogP contribution is 2.26. The predicted octanol–water partition coefficient (Wildman–Crippen LogP) is 0.983. The van der Waals surface area contributed by atoms with Gasteiger partial charge in [-0.05, 0) is 32.4 Å². The summed E-state index contributed by atoms with van der Waals surface area (Å²) < 4.78 is 25.4. The predicted molar refractivity (Wildman–Crippen MR) is 101 cm³/mol. The summed E-state index contributed by atoms with van der Waals surface area (Å²) in [7, 11) is -0.884. The van der Waals surface area contributed by atoms with Crippen molar-refractivity contribution in [1.82, 2.24) is 9.78 Å². The first kappa shape index (κ1) is 19.5. The largest absolute Gasteiger partial charge is 0.330 e. The summed E-state index contributed by atoms with van der Waals surface area (Å²) in [6.07, 6.45) is 0.620. The van der Waals surface area contributed by atoms with Crippen LogP contribution in [0.25, 0.3) is 0 Å². The standard InChI is InChI=1S/C18H24N4O4S/c1-13-18(14(2)21(19-13)17-8-9-27(25,26)12-17)11-20(3)10-15-4-6-16(7-5-15)22(23)24/h4-7,17H,8-12H2,1-3H3/p+1/t17-/m0/s1. The lowest BCUT2D eigenvalue weighted by atomic mass is 10.1. The molecule has 27 heavy (non-hydrogen) atoms. The van der Waals surface area contributed by atoms with Crippen molar-refractivity contribution in [2.24, 2.45) is 0 Å². The molecule has 0 amide bonds. The van der Waals surface area contributed by atoms with Crippen LogP contribution in [0.5, 0.6) is 0 Å². The Morgan fingerprint density at radius 3 is 2.48 bits per heavy atom. The molecule has 9 heteroatoms.